The Kier molecular flexibility index (Phi) is 6.37. The van der Waals surface area contributed by atoms with E-state index >= 15 is 0 Å². The van der Waals surface area contributed by atoms with Crippen LogP contribution in [-0.2, 0) is 17.6 Å². The van der Waals surface area contributed by atoms with E-state index in [9.17, 15) is 18.0 Å². The van der Waals surface area contributed by atoms with Gasteiger partial charge in [0.25, 0.3) is 0 Å². The molecule has 162 valence electrons. The van der Waals surface area contributed by atoms with E-state index in [2.05, 4.69) is 33.7 Å². The van der Waals surface area contributed by atoms with E-state index < -0.39 is 21.9 Å². The highest BCUT2D eigenvalue weighted by atomic mass is 32.3. The van der Waals surface area contributed by atoms with Crippen molar-refractivity contribution in [3.8, 4) is 22.6 Å². The SMILES string of the molecule is CS(C)(C)CCOCn1cc(C(F)(F)F)nc1-c1ccc(-c2ccc(=O)[nH]c2)nc1. The molecule has 0 aliphatic rings. The number of H-pyrrole nitrogens is 1. The summed E-state index contributed by atoms with van der Waals surface area (Å²) in [7, 11) is -0.755. The minimum Gasteiger partial charge on any atom is -0.360 e. The number of nitrogens with one attached hydrogen (secondary N) is 1. The van der Waals surface area contributed by atoms with Crippen LogP contribution in [0.3, 0.4) is 0 Å². The zero-order chi connectivity index (χ0) is 21.9. The topological polar surface area (TPSA) is 72.8 Å². The number of pyridine rings is 2. The molecule has 0 radical (unpaired) electrons. The first-order chi connectivity index (χ1) is 14.0. The molecule has 0 unspecified atom stereocenters. The second-order valence-corrected chi connectivity index (χ2v) is 12.2. The molecule has 3 aromatic heterocycles. The quantitative estimate of drug-likeness (QED) is 0.564. The van der Waals surface area contributed by atoms with Gasteiger partial charge in [-0.2, -0.15) is 13.2 Å². The Hall–Kier alpha value is -2.59. The normalized spacial score (nSPS) is 12.9. The van der Waals surface area contributed by atoms with Crippen LogP contribution in [0, 0.1) is 0 Å². The summed E-state index contributed by atoms with van der Waals surface area (Å²) >= 11 is 0. The minimum atomic E-state index is -4.56. The third kappa shape index (κ3) is 5.73. The first-order valence-electron chi connectivity index (χ1n) is 9.06. The number of hydrogen-bond acceptors (Lipinski definition) is 4. The molecule has 0 aromatic carbocycles. The Morgan fingerprint density at radius 1 is 1.13 bits per heavy atom. The average molecular weight is 440 g/mol. The summed E-state index contributed by atoms with van der Waals surface area (Å²) in [6.07, 6.45) is 5.83. The number of halogens is 3. The molecule has 6 nitrogen and oxygen atoms in total. The average Bonchev–Trinajstić information content (AvgIpc) is 3.10. The summed E-state index contributed by atoms with van der Waals surface area (Å²) in [4.78, 5) is 21.8. The first-order valence-corrected chi connectivity index (χ1v) is 12.1. The summed E-state index contributed by atoms with van der Waals surface area (Å²) in [5.41, 5.74) is 0.489. The maximum Gasteiger partial charge on any atom is 0.434 e. The van der Waals surface area contributed by atoms with Crippen molar-refractivity contribution in [2.24, 2.45) is 0 Å². The third-order valence-corrected chi connectivity index (χ3v) is 5.63. The first kappa shape index (κ1) is 22.1. The molecule has 3 heterocycles. The van der Waals surface area contributed by atoms with Gasteiger partial charge in [-0.3, -0.25) is 9.78 Å². The fourth-order valence-electron chi connectivity index (χ4n) is 2.62. The number of hydrogen-bond donors (Lipinski definition) is 1. The second kappa shape index (κ2) is 8.65. The monoisotopic (exact) mass is 440 g/mol. The zero-order valence-corrected chi connectivity index (χ0v) is 17.7. The van der Waals surface area contributed by atoms with Crippen molar-refractivity contribution in [2.45, 2.75) is 12.9 Å². The Morgan fingerprint density at radius 2 is 1.87 bits per heavy atom. The number of nitrogens with zero attached hydrogens (tertiary/aromatic N) is 3. The van der Waals surface area contributed by atoms with E-state index in [1.54, 1.807) is 18.2 Å². The Bertz CT molecular complexity index is 1030. The molecule has 0 saturated carbocycles. The van der Waals surface area contributed by atoms with Crippen LogP contribution in [0.15, 0.2) is 47.7 Å². The lowest BCUT2D eigenvalue weighted by Gasteiger charge is -2.24. The van der Waals surface area contributed by atoms with Gasteiger partial charge in [0.2, 0.25) is 5.56 Å². The summed E-state index contributed by atoms with van der Waals surface area (Å²) < 4.78 is 46.6. The second-order valence-electron chi connectivity index (χ2n) is 7.62. The molecule has 10 heteroatoms. The van der Waals surface area contributed by atoms with Crippen molar-refractivity contribution in [3.05, 3.63) is 58.9 Å². The van der Waals surface area contributed by atoms with Crippen molar-refractivity contribution in [1.82, 2.24) is 19.5 Å². The van der Waals surface area contributed by atoms with Crippen LogP contribution in [0.5, 0.6) is 0 Å². The number of imidazole rings is 1. The number of aromatic nitrogens is 4. The largest absolute Gasteiger partial charge is 0.434 e. The van der Waals surface area contributed by atoms with E-state index in [-0.39, 0.29) is 18.1 Å². The molecular weight excluding hydrogens is 417 g/mol. The van der Waals surface area contributed by atoms with E-state index in [1.165, 1.54) is 23.0 Å². The predicted octanol–water partition coefficient (Wildman–Crippen LogP) is 3.99. The van der Waals surface area contributed by atoms with Gasteiger partial charge >= 0.3 is 6.18 Å². The molecule has 0 saturated heterocycles. The van der Waals surface area contributed by atoms with Gasteiger partial charge in [0, 0.05) is 41.5 Å². The minimum absolute atomic E-state index is 0.0321. The molecule has 0 aliphatic heterocycles. The molecule has 0 amide bonds. The van der Waals surface area contributed by atoms with Gasteiger partial charge < -0.3 is 14.3 Å². The number of aromatic amines is 1. The third-order valence-electron chi connectivity index (χ3n) is 4.24. The van der Waals surface area contributed by atoms with Crippen LogP contribution >= 0.6 is 10.0 Å². The fraction of sp³-hybridized carbons (Fsp3) is 0.350. The Morgan fingerprint density at radius 3 is 2.43 bits per heavy atom. The van der Waals surface area contributed by atoms with Crippen LogP contribution in [0.25, 0.3) is 22.6 Å². The van der Waals surface area contributed by atoms with Crippen LogP contribution in [-0.4, -0.2) is 50.6 Å². The number of ether oxygens (including phenoxy) is 1. The van der Waals surface area contributed by atoms with Crippen molar-refractivity contribution < 1.29 is 17.9 Å². The molecule has 0 aliphatic carbocycles. The molecular formula is C20H23F3N4O2S. The van der Waals surface area contributed by atoms with Gasteiger partial charge in [-0.25, -0.2) is 15.0 Å². The molecule has 3 aromatic rings. The number of alkyl halides is 3. The highest BCUT2D eigenvalue weighted by Gasteiger charge is 2.35. The van der Waals surface area contributed by atoms with E-state index in [0.29, 0.717) is 23.4 Å². The summed E-state index contributed by atoms with van der Waals surface area (Å²) in [5, 5.41) is 0. The standard InChI is InChI=1S/C20H23F3N4O2S/c1-30(2,3)9-8-29-13-27-12-17(20(21,22)23)26-19(27)15-4-6-16(24-11-15)14-5-7-18(28)25-10-14/h4-7,10-12H,8-9,13H2,1-3H3,(H,25,28). The van der Waals surface area contributed by atoms with Crippen molar-refractivity contribution in [2.75, 3.05) is 31.1 Å². The zero-order valence-electron chi connectivity index (χ0n) is 16.9. The van der Waals surface area contributed by atoms with Gasteiger partial charge in [-0.15, -0.1) is 0 Å². The van der Waals surface area contributed by atoms with Crippen LogP contribution in [0.2, 0.25) is 0 Å². The van der Waals surface area contributed by atoms with Gasteiger partial charge in [-0.1, -0.05) is 0 Å². The van der Waals surface area contributed by atoms with Crippen LogP contribution in [0.1, 0.15) is 5.69 Å². The van der Waals surface area contributed by atoms with Crippen molar-refractivity contribution in [3.63, 3.8) is 0 Å². The summed E-state index contributed by atoms with van der Waals surface area (Å²) in [6.45, 7) is 0.427. The highest BCUT2D eigenvalue weighted by Crippen LogP contribution is 2.34. The maximum atomic E-state index is 13.2. The summed E-state index contributed by atoms with van der Waals surface area (Å²) in [5.74, 6) is 0.990. The number of rotatable bonds is 7. The smallest absolute Gasteiger partial charge is 0.360 e. The molecule has 3 rings (SSSR count). The molecule has 0 fully saturated rings. The van der Waals surface area contributed by atoms with Gasteiger partial charge in [-0.05, 0) is 37.0 Å². The van der Waals surface area contributed by atoms with E-state index in [0.717, 1.165) is 11.9 Å². The Balaban J connectivity index is 1.85. The fourth-order valence-corrected chi connectivity index (χ4v) is 3.24. The highest BCUT2D eigenvalue weighted by molar-refractivity contribution is 8.32. The van der Waals surface area contributed by atoms with E-state index in [1.807, 2.05) is 0 Å². The van der Waals surface area contributed by atoms with Gasteiger partial charge in [0.1, 0.15) is 12.6 Å². The van der Waals surface area contributed by atoms with Crippen molar-refractivity contribution >= 4 is 10.0 Å². The van der Waals surface area contributed by atoms with Crippen LogP contribution < -0.4 is 5.56 Å². The molecule has 0 atom stereocenters. The van der Waals surface area contributed by atoms with Crippen LogP contribution in [0.4, 0.5) is 13.2 Å². The predicted molar refractivity (Wildman–Crippen MR) is 113 cm³/mol. The summed E-state index contributed by atoms with van der Waals surface area (Å²) in [6, 6.07) is 6.31. The lowest BCUT2D eigenvalue weighted by atomic mass is 10.1. The molecule has 0 spiro atoms. The molecule has 0 bridgehead atoms. The Labute approximate surface area is 173 Å². The van der Waals surface area contributed by atoms with Crippen molar-refractivity contribution in [1.29, 1.82) is 0 Å². The van der Waals surface area contributed by atoms with Gasteiger partial charge in [0.15, 0.2) is 5.69 Å². The molecule has 30 heavy (non-hydrogen) atoms. The maximum absolute atomic E-state index is 13.2. The lowest BCUT2D eigenvalue weighted by Crippen LogP contribution is -2.10. The van der Waals surface area contributed by atoms with E-state index in [4.69, 9.17) is 4.74 Å². The van der Waals surface area contributed by atoms with Gasteiger partial charge in [0.05, 0.1) is 12.3 Å². The lowest BCUT2D eigenvalue weighted by molar-refractivity contribution is -0.141. The molecule has 1 N–H and O–H groups in total.